The fourth-order valence-corrected chi connectivity index (χ4v) is 1.90. The SMILES string of the molecule is CCCc1cc(=O)[nH]n1-c1ccccc1C. The molecule has 0 aliphatic rings. The number of H-pyrrole nitrogens is 1. The van der Waals surface area contributed by atoms with E-state index in [1.165, 1.54) is 0 Å². The van der Waals surface area contributed by atoms with Crippen molar-refractivity contribution in [3.63, 3.8) is 0 Å². The summed E-state index contributed by atoms with van der Waals surface area (Å²) in [7, 11) is 0. The largest absolute Gasteiger partial charge is 0.268 e. The molecule has 2 aromatic rings. The van der Waals surface area contributed by atoms with Gasteiger partial charge in [0.2, 0.25) is 0 Å². The van der Waals surface area contributed by atoms with Crippen LogP contribution >= 0.6 is 0 Å². The highest BCUT2D eigenvalue weighted by Crippen LogP contribution is 2.14. The molecular formula is C13H16N2O. The molecule has 0 saturated carbocycles. The van der Waals surface area contributed by atoms with Gasteiger partial charge in [0, 0.05) is 11.8 Å². The van der Waals surface area contributed by atoms with Crippen LogP contribution in [0, 0.1) is 6.92 Å². The molecule has 0 bridgehead atoms. The lowest BCUT2D eigenvalue weighted by molar-refractivity contribution is 0.766. The molecule has 1 N–H and O–H groups in total. The summed E-state index contributed by atoms with van der Waals surface area (Å²) in [5.74, 6) is 0. The van der Waals surface area contributed by atoms with E-state index >= 15 is 0 Å². The maximum atomic E-state index is 11.4. The van der Waals surface area contributed by atoms with Crippen LogP contribution in [0.2, 0.25) is 0 Å². The lowest BCUT2D eigenvalue weighted by atomic mass is 10.2. The second-order valence-electron chi connectivity index (χ2n) is 3.98. The lowest BCUT2D eigenvalue weighted by Gasteiger charge is -2.10. The zero-order valence-corrected chi connectivity index (χ0v) is 9.66. The molecule has 0 spiro atoms. The van der Waals surface area contributed by atoms with Crippen molar-refractivity contribution in [1.82, 2.24) is 9.78 Å². The van der Waals surface area contributed by atoms with E-state index in [-0.39, 0.29) is 5.56 Å². The van der Waals surface area contributed by atoms with Crippen molar-refractivity contribution in [2.75, 3.05) is 0 Å². The van der Waals surface area contributed by atoms with E-state index in [2.05, 4.69) is 12.0 Å². The van der Waals surface area contributed by atoms with Gasteiger partial charge in [-0.2, -0.15) is 0 Å². The molecule has 0 unspecified atom stereocenters. The number of rotatable bonds is 3. The standard InChI is InChI=1S/C13H16N2O/c1-3-6-11-9-13(16)14-15(11)12-8-5-4-7-10(12)2/h4-5,7-9H,3,6H2,1-2H3,(H,14,16). The van der Waals surface area contributed by atoms with Crippen LogP contribution in [0.15, 0.2) is 35.1 Å². The summed E-state index contributed by atoms with van der Waals surface area (Å²) in [5.41, 5.74) is 3.22. The van der Waals surface area contributed by atoms with Gasteiger partial charge >= 0.3 is 0 Å². The highest BCUT2D eigenvalue weighted by atomic mass is 16.1. The Morgan fingerprint density at radius 2 is 2.06 bits per heavy atom. The van der Waals surface area contributed by atoms with E-state index in [0.29, 0.717) is 0 Å². The van der Waals surface area contributed by atoms with Crippen molar-refractivity contribution in [2.24, 2.45) is 0 Å². The molecule has 84 valence electrons. The summed E-state index contributed by atoms with van der Waals surface area (Å²) in [5, 5.41) is 2.85. The minimum absolute atomic E-state index is 0.0355. The van der Waals surface area contributed by atoms with Crippen molar-refractivity contribution in [3.05, 3.63) is 51.9 Å². The van der Waals surface area contributed by atoms with Crippen molar-refractivity contribution in [2.45, 2.75) is 26.7 Å². The number of aromatic amines is 1. The van der Waals surface area contributed by atoms with Crippen LogP contribution in [0.3, 0.4) is 0 Å². The third-order valence-corrected chi connectivity index (χ3v) is 2.67. The zero-order valence-electron chi connectivity index (χ0n) is 9.66. The number of nitrogens with one attached hydrogen (secondary N) is 1. The molecule has 1 heterocycles. The number of nitrogens with zero attached hydrogens (tertiary/aromatic N) is 1. The Labute approximate surface area is 94.7 Å². The Bertz CT molecular complexity index is 537. The monoisotopic (exact) mass is 216 g/mol. The number of aryl methyl sites for hydroxylation is 2. The van der Waals surface area contributed by atoms with Gasteiger partial charge in [0.1, 0.15) is 0 Å². The first-order valence-electron chi connectivity index (χ1n) is 5.59. The molecule has 0 saturated heterocycles. The van der Waals surface area contributed by atoms with Crippen LogP contribution in [0.4, 0.5) is 0 Å². The summed E-state index contributed by atoms with van der Waals surface area (Å²) < 4.78 is 1.89. The zero-order chi connectivity index (χ0) is 11.5. The smallest absolute Gasteiger partial charge is 0.264 e. The quantitative estimate of drug-likeness (QED) is 0.840. The molecule has 0 atom stereocenters. The average molecular weight is 216 g/mol. The summed E-state index contributed by atoms with van der Waals surface area (Å²) in [6.45, 7) is 4.16. The van der Waals surface area contributed by atoms with Gasteiger partial charge in [-0.3, -0.25) is 14.6 Å². The number of aromatic nitrogens is 2. The molecular weight excluding hydrogens is 200 g/mol. The van der Waals surface area contributed by atoms with Gasteiger partial charge in [-0.25, -0.2) is 0 Å². The van der Waals surface area contributed by atoms with Gasteiger partial charge in [0.05, 0.1) is 5.69 Å². The van der Waals surface area contributed by atoms with E-state index in [0.717, 1.165) is 29.8 Å². The Hall–Kier alpha value is -1.77. The van der Waals surface area contributed by atoms with Crippen molar-refractivity contribution >= 4 is 0 Å². The Balaban J connectivity index is 2.55. The van der Waals surface area contributed by atoms with Crippen LogP contribution in [-0.2, 0) is 6.42 Å². The molecule has 0 aliphatic carbocycles. The Kier molecular flexibility index (Phi) is 2.95. The third kappa shape index (κ3) is 1.94. The van der Waals surface area contributed by atoms with Crippen molar-refractivity contribution in [1.29, 1.82) is 0 Å². The Morgan fingerprint density at radius 3 is 2.75 bits per heavy atom. The second kappa shape index (κ2) is 4.39. The van der Waals surface area contributed by atoms with Gasteiger partial charge < -0.3 is 0 Å². The lowest BCUT2D eigenvalue weighted by Crippen LogP contribution is -2.06. The molecule has 1 aromatic heterocycles. The third-order valence-electron chi connectivity index (χ3n) is 2.67. The molecule has 0 aliphatic heterocycles. The molecule has 16 heavy (non-hydrogen) atoms. The molecule has 3 nitrogen and oxygen atoms in total. The van der Waals surface area contributed by atoms with Gasteiger partial charge in [0.15, 0.2) is 0 Å². The molecule has 0 radical (unpaired) electrons. The van der Waals surface area contributed by atoms with Gasteiger partial charge in [-0.05, 0) is 25.0 Å². The predicted molar refractivity (Wildman–Crippen MR) is 65.1 cm³/mol. The normalized spacial score (nSPS) is 10.6. The van der Waals surface area contributed by atoms with E-state index in [9.17, 15) is 4.79 Å². The summed E-state index contributed by atoms with van der Waals surface area (Å²) >= 11 is 0. The minimum Gasteiger partial charge on any atom is -0.268 e. The molecule has 1 aromatic carbocycles. The number of hydrogen-bond acceptors (Lipinski definition) is 1. The fourth-order valence-electron chi connectivity index (χ4n) is 1.90. The number of hydrogen-bond donors (Lipinski definition) is 1. The first-order valence-corrected chi connectivity index (χ1v) is 5.59. The molecule has 2 rings (SSSR count). The van der Waals surface area contributed by atoms with Gasteiger partial charge in [0.25, 0.3) is 5.56 Å². The average Bonchev–Trinajstić information content (AvgIpc) is 2.61. The maximum Gasteiger partial charge on any atom is 0.264 e. The molecule has 0 amide bonds. The van der Waals surface area contributed by atoms with E-state index in [1.807, 2.05) is 35.9 Å². The second-order valence-corrected chi connectivity index (χ2v) is 3.98. The van der Waals surface area contributed by atoms with Crippen LogP contribution < -0.4 is 5.56 Å². The van der Waals surface area contributed by atoms with E-state index in [4.69, 9.17) is 0 Å². The van der Waals surface area contributed by atoms with Crippen LogP contribution in [0.25, 0.3) is 5.69 Å². The minimum atomic E-state index is -0.0355. The Morgan fingerprint density at radius 1 is 1.31 bits per heavy atom. The maximum absolute atomic E-state index is 11.4. The summed E-state index contributed by atoms with van der Waals surface area (Å²) in [6, 6.07) is 9.72. The van der Waals surface area contributed by atoms with Crippen molar-refractivity contribution in [3.8, 4) is 5.69 Å². The van der Waals surface area contributed by atoms with Gasteiger partial charge in [-0.15, -0.1) is 0 Å². The van der Waals surface area contributed by atoms with Crippen LogP contribution in [0.5, 0.6) is 0 Å². The first-order chi connectivity index (χ1) is 7.72. The predicted octanol–water partition coefficient (Wildman–Crippen LogP) is 2.43. The first kappa shape index (κ1) is 10.7. The van der Waals surface area contributed by atoms with E-state index in [1.54, 1.807) is 6.07 Å². The number of benzene rings is 1. The summed E-state index contributed by atoms with van der Waals surface area (Å²) in [4.78, 5) is 11.4. The van der Waals surface area contributed by atoms with Gasteiger partial charge in [-0.1, -0.05) is 31.5 Å². The summed E-state index contributed by atoms with van der Waals surface area (Å²) in [6.07, 6.45) is 1.94. The molecule has 3 heteroatoms. The topological polar surface area (TPSA) is 37.8 Å². The highest BCUT2D eigenvalue weighted by molar-refractivity contribution is 5.40. The molecule has 0 fully saturated rings. The highest BCUT2D eigenvalue weighted by Gasteiger charge is 2.07. The van der Waals surface area contributed by atoms with Crippen LogP contribution in [-0.4, -0.2) is 9.78 Å². The van der Waals surface area contributed by atoms with E-state index < -0.39 is 0 Å². The van der Waals surface area contributed by atoms with Crippen LogP contribution in [0.1, 0.15) is 24.6 Å². The fraction of sp³-hybridized carbons (Fsp3) is 0.308. The van der Waals surface area contributed by atoms with Crippen molar-refractivity contribution < 1.29 is 0 Å². The number of para-hydroxylation sites is 1.